The number of hydrogen-bond acceptors (Lipinski definition) is 4. The lowest BCUT2D eigenvalue weighted by Crippen LogP contribution is -2.28. The molecule has 6 nitrogen and oxygen atoms in total. The van der Waals surface area contributed by atoms with Crippen molar-refractivity contribution in [3.05, 3.63) is 63.6 Å². The van der Waals surface area contributed by atoms with Gasteiger partial charge in [-0.25, -0.2) is 0 Å². The van der Waals surface area contributed by atoms with Crippen LogP contribution in [0.2, 0.25) is 0 Å². The summed E-state index contributed by atoms with van der Waals surface area (Å²) in [7, 11) is 1.50. The predicted molar refractivity (Wildman–Crippen MR) is 81.7 cm³/mol. The number of rotatable bonds is 5. The van der Waals surface area contributed by atoms with Crippen LogP contribution in [0.15, 0.2) is 41.3 Å². The lowest BCUT2D eigenvalue weighted by atomic mass is 10.1. The van der Waals surface area contributed by atoms with Crippen LogP contribution in [0.3, 0.4) is 0 Å². The van der Waals surface area contributed by atoms with E-state index >= 15 is 0 Å². The van der Waals surface area contributed by atoms with Crippen molar-refractivity contribution in [2.75, 3.05) is 6.54 Å². The van der Waals surface area contributed by atoms with Gasteiger partial charge in [-0.2, -0.15) is 0 Å². The van der Waals surface area contributed by atoms with Crippen LogP contribution >= 0.6 is 0 Å². The summed E-state index contributed by atoms with van der Waals surface area (Å²) < 4.78 is 1.20. The van der Waals surface area contributed by atoms with Gasteiger partial charge in [0.05, 0.1) is 12.2 Å². The maximum atomic E-state index is 12.0. The third-order valence-corrected chi connectivity index (χ3v) is 3.39. The first-order chi connectivity index (χ1) is 10.5. The summed E-state index contributed by atoms with van der Waals surface area (Å²) >= 11 is 0. The lowest BCUT2D eigenvalue weighted by Gasteiger charge is -2.08. The average molecular weight is 302 g/mol. The SMILES string of the molecule is Cn1ccc(C(=O)NCCc2ccc(CO)cc2)c(O)c1=O. The molecule has 1 amide bonds. The van der Waals surface area contributed by atoms with E-state index in [-0.39, 0.29) is 12.2 Å². The summed E-state index contributed by atoms with van der Waals surface area (Å²) in [5.74, 6) is -1.03. The molecular formula is C16H18N2O4. The van der Waals surface area contributed by atoms with Crippen molar-refractivity contribution in [1.82, 2.24) is 9.88 Å². The third-order valence-electron chi connectivity index (χ3n) is 3.39. The third kappa shape index (κ3) is 3.53. The second-order valence-corrected chi connectivity index (χ2v) is 4.97. The van der Waals surface area contributed by atoms with Crippen LogP contribution < -0.4 is 10.9 Å². The van der Waals surface area contributed by atoms with Crippen molar-refractivity contribution in [2.45, 2.75) is 13.0 Å². The molecule has 0 spiro atoms. The fourth-order valence-corrected chi connectivity index (χ4v) is 2.03. The standard InChI is InChI=1S/C16H18N2O4/c1-18-9-7-13(14(20)16(18)22)15(21)17-8-6-11-2-4-12(10-19)5-3-11/h2-5,7,9,19-20H,6,8,10H2,1H3,(H,17,21). The summed E-state index contributed by atoms with van der Waals surface area (Å²) in [5.41, 5.74) is 1.22. The zero-order valence-corrected chi connectivity index (χ0v) is 12.2. The molecule has 0 saturated carbocycles. The number of aliphatic hydroxyl groups is 1. The van der Waals surface area contributed by atoms with Gasteiger partial charge in [0, 0.05) is 19.8 Å². The molecule has 1 aromatic carbocycles. The minimum absolute atomic E-state index is 0.000737. The van der Waals surface area contributed by atoms with Gasteiger partial charge in [0.2, 0.25) is 0 Å². The van der Waals surface area contributed by atoms with Crippen molar-refractivity contribution in [1.29, 1.82) is 0 Å². The summed E-state index contributed by atoms with van der Waals surface area (Å²) in [4.78, 5) is 23.5. The second-order valence-electron chi connectivity index (χ2n) is 4.97. The van der Waals surface area contributed by atoms with Gasteiger partial charge < -0.3 is 20.1 Å². The molecule has 0 saturated heterocycles. The Kier molecular flexibility index (Phi) is 4.95. The normalized spacial score (nSPS) is 10.5. The molecule has 0 aliphatic carbocycles. The van der Waals surface area contributed by atoms with Gasteiger partial charge >= 0.3 is 0 Å². The first-order valence-corrected chi connectivity index (χ1v) is 6.88. The van der Waals surface area contributed by atoms with Crippen molar-refractivity contribution in [3.63, 3.8) is 0 Å². The molecule has 0 bridgehead atoms. The van der Waals surface area contributed by atoms with Crippen LogP contribution in [-0.2, 0) is 20.1 Å². The van der Waals surface area contributed by atoms with Crippen LogP contribution in [0.4, 0.5) is 0 Å². The molecule has 0 aliphatic rings. The molecule has 22 heavy (non-hydrogen) atoms. The van der Waals surface area contributed by atoms with Crippen LogP contribution in [0, 0.1) is 0 Å². The van der Waals surface area contributed by atoms with Gasteiger partial charge in [-0.3, -0.25) is 9.59 Å². The number of hydrogen-bond donors (Lipinski definition) is 3. The largest absolute Gasteiger partial charge is 0.502 e. The van der Waals surface area contributed by atoms with Crippen molar-refractivity contribution < 1.29 is 15.0 Å². The van der Waals surface area contributed by atoms with Crippen LogP contribution in [0.1, 0.15) is 21.5 Å². The quantitative estimate of drug-likeness (QED) is 0.752. The lowest BCUT2D eigenvalue weighted by molar-refractivity contribution is 0.0951. The molecule has 0 fully saturated rings. The molecule has 116 valence electrons. The number of nitrogens with one attached hydrogen (secondary N) is 1. The Morgan fingerprint density at radius 1 is 1.18 bits per heavy atom. The maximum absolute atomic E-state index is 12.0. The Bertz CT molecular complexity index is 720. The Morgan fingerprint density at radius 3 is 2.45 bits per heavy atom. The molecule has 0 unspecified atom stereocenters. The molecular weight excluding hydrogens is 284 g/mol. The highest BCUT2D eigenvalue weighted by Gasteiger charge is 2.14. The molecule has 0 radical (unpaired) electrons. The number of aromatic hydroxyl groups is 1. The van der Waals surface area contributed by atoms with E-state index in [2.05, 4.69) is 5.32 Å². The fraction of sp³-hybridized carbons (Fsp3) is 0.250. The first kappa shape index (κ1) is 15.8. The van der Waals surface area contributed by atoms with Gasteiger partial charge in [-0.1, -0.05) is 24.3 Å². The van der Waals surface area contributed by atoms with E-state index in [1.54, 1.807) is 0 Å². The van der Waals surface area contributed by atoms with Gasteiger partial charge in [0.1, 0.15) is 0 Å². The number of aliphatic hydroxyl groups excluding tert-OH is 1. The molecule has 1 aromatic heterocycles. The van der Waals surface area contributed by atoms with E-state index in [4.69, 9.17) is 5.11 Å². The number of benzene rings is 1. The minimum atomic E-state index is -0.604. The van der Waals surface area contributed by atoms with Gasteiger partial charge in [-0.05, 0) is 23.6 Å². The number of amides is 1. The molecule has 1 heterocycles. The molecule has 6 heteroatoms. The number of aromatic nitrogens is 1. The maximum Gasteiger partial charge on any atom is 0.293 e. The summed E-state index contributed by atoms with van der Waals surface area (Å²) in [5, 5.41) is 21.3. The molecule has 0 atom stereocenters. The van der Waals surface area contributed by atoms with E-state index in [1.165, 1.54) is 23.9 Å². The van der Waals surface area contributed by atoms with Gasteiger partial charge in [0.15, 0.2) is 5.75 Å². The molecule has 2 rings (SSSR count). The Labute approximate surface area is 127 Å². The summed E-state index contributed by atoms with van der Waals surface area (Å²) in [6.45, 7) is 0.380. The highest BCUT2D eigenvalue weighted by molar-refractivity contribution is 5.96. The Morgan fingerprint density at radius 2 is 1.82 bits per heavy atom. The monoisotopic (exact) mass is 302 g/mol. The summed E-state index contributed by atoms with van der Waals surface area (Å²) in [6, 6.07) is 8.82. The topological polar surface area (TPSA) is 91.6 Å². The van der Waals surface area contributed by atoms with E-state index in [0.29, 0.717) is 13.0 Å². The van der Waals surface area contributed by atoms with Crippen molar-refractivity contribution in [2.24, 2.45) is 7.05 Å². The summed E-state index contributed by atoms with van der Waals surface area (Å²) in [6.07, 6.45) is 2.05. The van der Waals surface area contributed by atoms with E-state index in [0.717, 1.165) is 11.1 Å². The fourth-order valence-electron chi connectivity index (χ4n) is 2.03. The van der Waals surface area contributed by atoms with Crippen molar-refractivity contribution >= 4 is 5.91 Å². The number of carbonyl (C=O) groups excluding carboxylic acids is 1. The highest BCUT2D eigenvalue weighted by atomic mass is 16.3. The van der Waals surface area contributed by atoms with Crippen molar-refractivity contribution in [3.8, 4) is 5.75 Å². The predicted octanol–water partition coefficient (Wildman–Crippen LogP) is 0.556. The van der Waals surface area contributed by atoms with E-state index in [1.807, 2.05) is 24.3 Å². The number of carbonyl (C=O) groups is 1. The van der Waals surface area contributed by atoms with E-state index < -0.39 is 17.2 Å². The number of nitrogens with zero attached hydrogens (tertiary/aromatic N) is 1. The second kappa shape index (κ2) is 6.91. The molecule has 3 N–H and O–H groups in total. The first-order valence-electron chi connectivity index (χ1n) is 6.88. The van der Waals surface area contributed by atoms with Crippen LogP contribution in [0.5, 0.6) is 5.75 Å². The molecule has 0 aliphatic heterocycles. The zero-order chi connectivity index (χ0) is 16.1. The van der Waals surface area contributed by atoms with E-state index in [9.17, 15) is 14.7 Å². The average Bonchev–Trinajstić information content (AvgIpc) is 2.53. The van der Waals surface area contributed by atoms with Crippen LogP contribution in [0.25, 0.3) is 0 Å². The van der Waals surface area contributed by atoms with Gasteiger partial charge in [0.25, 0.3) is 11.5 Å². The number of aryl methyl sites for hydroxylation is 1. The highest BCUT2D eigenvalue weighted by Crippen LogP contribution is 2.10. The number of pyridine rings is 1. The van der Waals surface area contributed by atoms with Crippen LogP contribution in [-0.4, -0.2) is 27.2 Å². The Balaban J connectivity index is 1.95. The smallest absolute Gasteiger partial charge is 0.293 e. The zero-order valence-electron chi connectivity index (χ0n) is 12.2. The Hall–Kier alpha value is -2.60. The minimum Gasteiger partial charge on any atom is -0.502 e. The molecule has 2 aromatic rings. The van der Waals surface area contributed by atoms with Gasteiger partial charge in [-0.15, -0.1) is 0 Å².